The Morgan fingerprint density at radius 1 is 1.38 bits per heavy atom. The Hall–Kier alpha value is -1.64. The lowest BCUT2D eigenvalue weighted by molar-refractivity contribution is 0.287. The van der Waals surface area contributed by atoms with E-state index < -0.39 is 10.0 Å². The van der Waals surface area contributed by atoms with E-state index in [1.54, 1.807) is 28.8 Å². The second-order valence-corrected chi connectivity index (χ2v) is 6.68. The Balaban J connectivity index is 1.84. The van der Waals surface area contributed by atoms with Crippen LogP contribution in [0.3, 0.4) is 0 Å². The number of benzene rings is 1. The predicted octanol–water partition coefficient (Wildman–Crippen LogP) is 1.49. The van der Waals surface area contributed by atoms with Crippen molar-refractivity contribution in [2.75, 3.05) is 0 Å². The summed E-state index contributed by atoms with van der Waals surface area (Å²) in [6.07, 6.45) is 1.76. The van der Waals surface area contributed by atoms with Crippen LogP contribution in [0.2, 0.25) is 5.02 Å². The first-order valence-corrected chi connectivity index (χ1v) is 8.22. The highest BCUT2D eigenvalue weighted by molar-refractivity contribution is 7.89. The minimum atomic E-state index is -3.89. The maximum atomic E-state index is 11.5. The van der Waals surface area contributed by atoms with Gasteiger partial charge < -0.3 is 4.74 Å². The van der Waals surface area contributed by atoms with Gasteiger partial charge in [0.25, 0.3) is 15.2 Å². The van der Waals surface area contributed by atoms with Crippen molar-refractivity contribution in [1.29, 1.82) is 0 Å². The van der Waals surface area contributed by atoms with Crippen LogP contribution in [-0.4, -0.2) is 23.2 Å². The van der Waals surface area contributed by atoms with Crippen molar-refractivity contribution in [3.05, 3.63) is 35.1 Å². The van der Waals surface area contributed by atoms with Gasteiger partial charge in [0.15, 0.2) is 5.82 Å². The van der Waals surface area contributed by atoms with Crippen LogP contribution < -0.4 is 9.88 Å². The van der Waals surface area contributed by atoms with Crippen LogP contribution >= 0.6 is 11.6 Å². The van der Waals surface area contributed by atoms with Crippen molar-refractivity contribution in [2.24, 2.45) is 5.14 Å². The summed E-state index contributed by atoms with van der Waals surface area (Å²) in [6.45, 7) is 0.0966. The van der Waals surface area contributed by atoms with Crippen molar-refractivity contribution in [3.8, 4) is 5.75 Å². The van der Waals surface area contributed by atoms with E-state index in [1.165, 1.54) is 0 Å². The molecule has 1 saturated carbocycles. The van der Waals surface area contributed by atoms with Gasteiger partial charge in [-0.3, -0.25) is 4.57 Å². The van der Waals surface area contributed by atoms with E-state index >= 15 is 0 Å². The molecule has 1 aliphatic carbocycles. The van der Waals surface area contributed by atoms with Crippen LogP contribution in [0.5, 0.6) is 5.75 Å². The monoisotopic (exact) mass is 328 g/mol. The molecule has 0 unspecified atom stereocenters. The SMILES string of the molecule is NS(=O)(=O)c1nnc(COc2cccc(Cl)c2)n1C1CC1. The molecule has 1 heterocycles. The van der Waals surface area contributed by atoms with Gasteiger partial charge in [-0.25, -0.2) is 13.6 Å². The molecule has 0 amide bonds. The molecule has 1 aromatic carbocycles. The summed E-state index contributed by atoms with van der Waals surface area (Å²) in [5, 5.41) is 13.0. The number of hydrogen-bond acceptors (Lipinski definition) is 5. The second kappa shape index (κ2) is 5.28. The lowest BCUT2D eigenvalue weighted by Crippen LogP contribution is -2.19. The maximum Gasteiger partial charge on any atom is 0.273 e. The third-order valence-electron chi connectivity index (χ3n) is 3.07. The van der Waals surface area contributed by atoms with Gasteiger partial charge in [0.1, 0.15) is 12.4 Å². The average molecular weight is 329 g/mol. The number of primary sulfonamides is 1. The Bertz CT molecular complexity index is 771. The largest absolute Gasteiger partial charge is 0.486 e. The molecular weight excluding hydrogens is 316 g/mol. The van der Waals surface area contributed by atoms with Gasteiger partial charge >= 0.3 is 0 Å². The number of hydrogen-bond donors (Lipinski definition) is 1. The van der Waals surface area contributed by atoms with Crippen LogP contribution in [-0.2, 0) is 16.6 Å². The minimum absolute atomic E-state index is 0.0753. The van der Waals surface area contributed by atoms with Crippen molar-refractivity contribution in [2.45, 2.75) is 30.6 Å². The molecule has 0 radical (unpaired) electrons. The van der Waals surface area contributed by atoms with Gasteiger partial charge in [-0.2, -0.15) is 0 Å². The summed E-state index contributed by atoms with van der Waals surface area (Å²) in [4.78, 5) is 0. The van der Waals surface area contributed by atoms with Crippen molar-refractivity contribution >= 4 is 21.6 Å². The smallest absolute Gasteiger partial charge is 0.273 e. The fourth-order valence-electron chi connectivity index (χ4n) is 2.00. The topological polar surface area (TPSA) is 100 Å². The second-order valence-electron chi connectivity index (χ2n) is 4.79. The summed E-state index contributed by atoms with van der Waals surface area (Å²) in [5.74, 6) is 1.01. The summed E-state index contributed by atoms with van der Waals surface area (Å²) >= 11 is 5.87. The summed E-state index contributed by atoms with van der Waals surface area (Å²) < 4.78 is 30.1. The van der Waals surface area contributed by atoms with Gasteiger partial charge in [0.05, 0.1) is 0 Å². The summed E-state index contributed by atoms with van der Waals surface area (Å²) in [7, 11) is -3.89. The number of rotatable bonds is 5. The first kappa shape index (κ1) is 14.3. The fraction of sp³-hybridized carbons (Fsp3) is 0.333. The number of ether oxygens (including phenoxy) is 1. The van der Waals surface area contributed by atoms with Crippen LogP contribution in [0.1, 0.15) is 24.7 Å². The molecule has 0 saturated heterocycles. The molecule has 0 spiro atoms. The first-order chi connectivity index (χ1) is 9.95. The third kappa shape index (κ3) is 3.17. The van der Waals surface area contributed by atoms with Gasteiger partial charge in [-0.15, -0.1) is 10.2 Å². The molecule has 2 aromatic rings. The Kier molecular flexibility index (Phi) is 3.60. The number of halogens is 1. The van der Waals surface area contributed by atoms with E-state index in [4.69, 9.17) is 21.5 Å². The summed E-state index contributed by atoms with van der Waals surface area (Å²) in [6, 6.07) is 7.00. The zero-order chi connectivity index (χ0) is 15.0. The Morgan fingerprint density at radius 3 is 2.76 bits per heavy atom. The number of sulfonamides is 1. The summed E-state index contributed by atoms with van der Waals surface area (Å²) in [5.41, 5.74) is 0. The van der Waals surface area contributed by atoms with Crippen LogP contribution in [0.15, 0.2) is 29.4 Å². The van der Waals surface area contributed by atoms with E-state index in [-0.39, 0.29) is 17.8 Å². The highest BCUT2D eigenvalue weighted by atomic mass is 35.5. The molecule has 9 heteroatoms. The molecule has 1 aliphatic rings. The van der Waals surface area contributed by atoms with E-state index in [0.717, 1.165) is 12.8 Å². The zero-order valence-corrected chi connectivity index (χ0v) is 12.5. The molecule has 7 nitrogen and oxygen atoms in total. The quantitative estimate of drug-likeness (QED) is 0.896. The molecular formula is C12H13ClN4O3S. The molecule has 2 N–H and O–H groups in total. The Morgan fingerprint density at radius 2 is 2.14 bits per heavy atom. The Labute approximate surface area is 126 Å². The lowest BCUT2D eigenvalue weighted by Gasteiger charge is -2.09. The highest BCUT2D eigenvalue weighted by Gasteiger charge is 2.33. The number of nitrogens with two attached hydrogens (primary N) is 1. The fourth-order valence-corrected chi connectivity index (χ4v) is 2.87. The van der Waals surface area contributed by atoms with Crippen molar-refractivity contribution in [3.63, 3.8) is 0 Å². The molecule has 0 aliphatic heterocycles. The number of nitrogens with zero attached hydrogens (tertiary/aromatic N) is 3. The van der Waals surface area contributed by atoms with Crippen molar-refractivity contribution < 1.29 is 13.2 Å². The van der Waals surface area contributed by atoms with Crippen LogP contribution in [0, 0.1) is 0 Å². The van der Waals surface area contributed by atoms with E-state index in [1.807, 2.05) is 0 Å². The highest BCUT2D eigenvalue weighted by Crippen LogP contribution is 2.37. The third-order valence-corrected chi connectivity index (χ3v) is 4.09. The van der Waals surface area contributed by atoms with E-state index in [0.29, 0.717) is 16.6 Å². The lowest BCUT2D eigenvalue weighted by atomic mass is 10.3. The number of aromatic nitrogens is 3. The van der Waals surface area contributed by atoms with Gasteiger partial charge in [-0.05, 0) is 31.0 Å². The zero-order valence-electron chi connectivity index (χ0n) is 10.9. The van der Waals surface area contributed by atoms with Crippen molar-refractivity contribution in [1.82, 2.24) is 14.8 Å². The molecule has 0 atom stereocenters. The minimum Gasteiger partial charge on any atom is -0.486 e. The van der Waals surface area contributed by atoms with Gasteiger partial charge in [-0.1, -0.05) is 17.7 Å². The maximum absolute atomic E-state index is 11.5. The van der Waals surface area contributed by atoms with Crippen LogP contribution in [0.4, 0.5) is 0 Å². The molecule has 1 fully saturated rings. The molecule has 112 valence electrons. The molecule has 0 bridgehead atoms. The van der Waals surface area contributed by atoms with E-state index in [2.05, 4.69) is 10.2 Å². The molecule has 1 aromatic heterocycles. The molecule has 3 rings (SSSR count). The predicted molar refractivity (Wildman–Crippen MR) is 75.5 cm³/mol. The average Bonchev–Trinajstić information content (AvgIpc) is 3.15. The normalized spacial score (nSPS) is 15.1. The first-order valence-electron chi connectivity index (χ1n) is 6.30. The molecule has 21 heavy (non-hydrogen) atoms. The standard InChI is InChI=1S/C12H13ClN4O3S/c13-8-2-1-3-10(6-8)20-7-11-15-16-12(21(14,18)19)17(11)9-4-5-9/h1-3,6,9H,4-5,7H2,(H2,14,18,19). The van der Waals surface area contributed by atoms with Gasteiger partial charge in [0.2, 0.25) is 0 Å². The van der Waals surface area contributed by atoms with E-state index in [9.17, 15) is 8.42 Å². The van der Waals surface area contributed by atoms with Gasteiger partial charge in [0, 0.05) is 11.1 Å². The van der Waals surface area contributed by atoms with Crippen LogP contribution in [0.25, 0.3) is 0 Å².